The maximum Gasteiger partial charge on any atom is 0.230 e. The molecule has 0 N–H and O–H groups in total. The van der Waals surface area contributed by atoms with Crippen molar-refractivity contribution in [3.05, 3.63) is 25.6 Å². The van der Waals surface area contributed by atoms with Gasteiger partial charge in [-0.3, -0.25) is 0 Å². The van der Waals surface area contributed by atoms with Gasteiger partial charge in [0.05, 0.1) is 4.90 Å². The Morgan fingerprint density at radius 2 is 1.82 bits per heavy atom. The monoisotopic (exact) mass is 381 g/mol. The lowest BCUT2D eigenvalue weighted by Gasteiger charge is -2.03. The number of sulfone groups is 2. The fourth-order valence-corrected chi connectivity index (χ4v) is 4.96. The third-order valence-corrected chi connectivity index (χ3v) is 7.52. The molecule has 17 heavy (non-hydrogen) atoms. The summed E-state index contributed by atoms with van der Waals surface area (Å²) in [5, 5.41) is 0.994. The van der Waals surface area contributed by atoms with Gasteiger partial charge >= 0.3 is 0 Å². The van der Waals surface area contributed by atoms with E-state index in [4.69, 9.17) is 0 Å². The van der Waals surface area contributed by atoms with Crippen molar-refractivity contribution >= 4 is 54.4 Å². The average Bonchev–Trinajstić information content (AvgIpc) is 2.65. The molecule has 0 atom stereocenters. The van der Waals surface area contributed by atoms with E-state index in [2.05, 4.69) is 4.98 Å². The molecule has 1 aromatic rings. The number of rotatable bonds is 0. The first kappa shape index (κ1) is 11.4. The molecular formula is C9H4INO4S2. The van der Waals surface area contributed by atoms with Crippen molar-refractivity contribution in [1.29, 1.82) is 0 Å². The zero-order chi connectivity index (χ0) is 12.4. The van der Waals surface area contributed by atoms with E-state index in [-0.39, 0.29) is 12.8 Å². The second-order valence-corrected chi connectivity index (χ2v) is 9.08. The predicted octanol–water partition coefficient (Wildman–Crippen LogP) is 1.36. The summed E-state index contributed by atoms with van der Waals surface area (Å²) in [5.41, 5.74) is 0.773. The van der Waals surface area contributed by atoms with Gasteiger partial charge in [-0.1, -0.05) is 0 Å². The molecule has 0 aliphatic carbocycles. The first-order valence-corrected chi connectivity index (χ1v) is 8.53. The van der Waals surface area contributed by atoms with Crippen LogP contribution >= 0.6 is 22.6 Å². The number of halogens is 1. The van der Waals surface area contributed by atoms with Gasteiger partial charge < -0.3 is 0 Å². The van der Waals surface area contributed by atoms with Crippen LogP contribution in [0.5, 0.6) is 0 Å². The summed E-state index contributed by atoms with van der Waals surface area (Å²) in [7, 11) is -6.99. The maximum absolute atomic E-state index is 11.8. The Bertz CT molecular complexity index is 819. The predicted molar refractivity (Wildman–Crippen MR) is 69.6 cm³/mol. The Morgan fingerprint density at radius 1 is 1.12 bits per heavy atom. The molecule has 0 aromatic carbocycles. The fraction of sp³-hybridized carbons (Fsp3) is 0. The first-order chi connectivity index (χ1) is 7.84. The van der Waals surface area contributed by atoms with Crippen molar-refractivity contribution < 1.29 is 16.8 Å². The van der Waals surface area contributed by atoms with Crippen LogP contribution in [-0.4, -0.2) is 21.8 Å². The molecule has 1 aromatic heterocycles. The molecule has 0 saturated carbocycles. The smallest absolute Gasteiger partial charge is 0.230 e. The summed E-state index contributed by atoms with van der Waals surface area (Å²) in [4.78, 5) is 3.83. The molecule has 5 nitrogen and oxygen atoms in total. The van der Waals surface area contributed by atoms with Crippen LogP contribution in [-0.2, 0) is 19.7 Å². The largest absolute Gasteiger partial charge is 0.242 e. The van der Waals surface area contributed by atoms with Crippen molar-refractivity contribution in [2.45, 2.75) is 9.92 Å². The number of aromatic nitrogens is 1. The fourth-order valence-electron chi connectivity index (χ4n) is 1.77. The van der Waals surface area contributed by atoms with E-state index >= 15 is 0 Å². The molecule has 0 fully saturated rings. The van der Waals surface area contributed by atoms with E-state index in [1.807, 2.05) is 0 Å². The van der Waals surface area contributed by atoms with Gasteiger partial charge in [-0.15, -0.1) is 0 Å². The molecule has 0 amide bonds. The summed E-state index contributed by atoms with van der Waals surface area (Å²) >= 11 is 1.70. The summed E-state index contributed by atoms with van der Waals surface area (Å²) in [6.45, 7) is 0. The number of pyridine rings is 1. The topological polar surface area (TPSA) is 81.2 Å². The number of nitrogens with zero attached hydrogens (tertiary/aromatic N) is 1. The normalized spacial score (nSPS) is 22.1. The van der Waals surface area contributed by atoms with E-state index in [0.29, 0.717) is 11.1 Å². The van der Waals surface area contributed by atoms with Gasteiger partial charge in [0.2, 0.25) is 19.7 Å². The Labute approximate surface area is 111 Å². The van der Waals surface area contributed by atoms with Crippen molar-refractivity contribution in [3.8, 4) is 0 Å². The van der Waals surface area contributed by atoms with Crippen LogP contribution in [0, 0.1) is 0 Å². The molecule has 2 aliphatic rings. The lowest BCUT2D eigenvalue weighted by molar-refractivity contribution is 0.598. The van der Waals surface area contributed by atoms with Gasteiger partial charge in [-0.05, 0) is 34.7 Å². The highest BCUT2D eigenvalue weighted by Crippen LogP contribution is 2.41. The van der Waals surface area contributed by atoms with Crippen LogP contribution in [0.2, 0.25) is 0 Å². The van der Waals surface area contributed by atoms with Crippen molar-refractivity contribution in [2.75, 3.05) is 0 Å². The Morgan fingerprint density at radius 3 is 2.53 bits per heavy atom. The van der Waals surface area contributed by atoms with Gasteiger partial charge in [0, 0.05) is 22.7 Å². The van der Waals surface area contributed by atoms with Crippen molar-refractivity contribution in [2.24, 2.45) is 0 Å². The van der Waals surface area contributed by atoms with Gasteiger partial charge in [0.25, 0.3) is 0 Å². The highest BCUT2D eigenvalue weighted by Gasteiger charge is 2.35. The first-order valence-electron chi connectivity index (χ1n) is 4.42. The molecule has 88 valence electrons. The molecule has 0 bridgehead atoms. The highest BCUT2D eigenvalue weighted by molar-refractivity contribution is 14.1. The SMILES string of the molecule is O=S1(=O)C=Cc2c1cnc1c2C=C(I)S1(=O)=O. The maximum atomic E-state index is 11.8. The molecule has 2 aliphatic heterocycles. The van der Waals surface area contributed by atoms with E-state index < -0.39 is 19.7 Å². The Kier molecular flexibility index (Phi) is 2.12. The minimum absolute atomic E-state index is 0.0637. The van der Waals surface area contributed by atoms with Crippen LogP contribution in [0.4, 0.5) is 0 Å². The molecule has 0 spiro atoms. The Hall–Kier alpha value is -0.740. The summed E-state index contributed by atoms with van der Waals surface area (Å²) in [6.07, 6.45) is 3.96. The van der Waals surface area contributed by atoms with Crippen LogP contribution in [0.25, 0.3) is 12.2 Å². The summed E-state index contributed by atoms with van der Waals surface area (Å²) in [6, 6.07) is 0. The van der Waals surface area contributed by atoms with Crippen LogP contribution in [0.15, 0.2) is 24.4 Å². The number of hydrogen-bond donors (Lipinski definition) is 0. The summed E-state index contributed by atoms with van der Waals surface area (Å²) < 4.78 is 47.0. The minimum atomic E-state index is -3.54. The number of fused-ring (bicyclic) bond motifs is 3. The zero-order valence-electron chi connectivity index (χ0n) is 8.08. The highest BCUT2D eigenvalue weighted by atomic mass is 127. The third-order valence-electron chi connectivity index (χ3n) is 2.57. The van der Waals surface area contributed by atoms with Gasteiger partial charge in [0.15, 0.2) is 5.03 Å². The summed E-state index contributed by atoms with van der Waals surface area (Å²) in [5.74, 6) is 0. The molecule has 0 saturated heterocycles. The van der Waals surface area contributed by atoms with E-state index in [1.54, 1.807) is 22.6 Å². The molecule has 0 unspecified atom stereocenters. The molecule has 0 radical (unpaired) electrons. The van der Waals surface area contributed by atoms with Crippen LogP contribution in [0.1, 0.15) is 11.1 Å². The lowest BCUT2D eigenvalue weighted by Crippen LogP contribution is -2.03. The molecule has 3 heterocycles. The number of hydrogen-bond acceptors (Lipinski definition) is 5. The minimum Gasteiger partial charge on any atom is -0.242 e. The van der Waals surface area contributed by atoms with E-state index in [1.165, 1.54) is 12.2 Å². The zero-order valence-corrected chi connectivity index (χ0v) is 11.9. The average molecular weight is 381 g/mol. The second-order valence-electron chi connectivity index (χ2n) is 3.55. The molecule has 8 heteroatoms. The van der Waals surface area contributed by atoms with Gasteiger partial charge in [-0.25, -0.2) is 21.8 Å². The Balaban J connectivity index is 2.47. The lowest BCUT2D eigenvalue weighted by atomic mass is 10.1. The van der Waals surface area contributed by atoms with Gasteiger partial charge in [0.1, 0.15) is 2.91 Å². The van der Waals surface area contributed by atoms with Crippen LogP contribution in [0.3, 0.4) is 0 Å². The standard InChI is InChI=1S/C9H4INO4S2/c10-8-3-6-5-1-2-16(12,13)7(5)4-11-9(6)17(8,14)15/h1-4H. The van der Waals surface area contributed by atoms with Crippen molar-refractivity contribution in [1.82, 2.24) is 4.98 Å². The van der Waals surface area contributed by atoms with E-state index in [9.17, 15) is 16.8 Å². The van der Waals surface area contributed by atoms with Gasteiger partial charge in [-0.2, -0.15) is 0 Å². The van der Waals surface area contributed by atoms with Crippen LogP contribution < -0.4 is 0 Å². The second kappa shape index (κ2) is 3.18. The molecular weight excluding hydrogens is 377 g/mol. The van der Waals surface area contributed by atoms with Crippen molar-refractivity contribution in [3.63, 3.8) is 0 Å². The third kappa shape index (κ3) is 1.37. The van der Waals surface area contributed by atoms with E-state index in [0.717, 1.165) is 11.6 Å². The quantitative estimate of drug-likeness (QED) is 0.634. The molecule has 3 rings (SSSR count).